The normalized spacial score (nSPS) is 31.9. The Bertz CT molecular complexity index is 418. The highest BCUT2D eigenvalue weighted by molar-refractivity contribution is 7.99. The average molecular weight is 264 g/mol. The Kier molecular flexibility index (Phi) is 3.48. The maximum absolute atomic E-state index is 6.06. The molecule has 3 rings (SSSR count). The summed E-state index contributed by atoms with van der Waals surface area (Å²) in [4.78, 5) is 4.05. The second-order valence-corrected chi connectivity index (χ2v) is 6.59. The minimum absolute atomic E-state index is 0.187. The van der Waals surface area contributed by atoms with Crippen molar-refractivity contribution in [2.75, 3.05) is 23.8 Å². The molecule has 2 aliphatic rings. The number of hydrogen-bond donors (Lipinski definition) is 1. The number of nitrogens with two attached hydrogens (primary N) is 1. The van der Waals surface area contributed by atoms with Crippen molar-refractivity contribution in [3.63, 3.8) is 0 Å². The quantitative estimate of drug-likeness (QED) is 0.891. The highest BCUT2D eigenvalue weighted by Gasteiger charge is 2.40. The molecule has 2 aliphatic heterocycles. The van der Waals surface area contributed by atoms with Crippen molar-refractivity contribution in [3.8, 4) is 0 Å². The molecule has 2 atom stereocenters. The number of anilines is 1. The molecule has 0 aliphatic carbocycles. The number of thioether (sulfide) groups is 1. The van der Waals surface area contributed by atoms with E-state index < -0.39 is 0 Å². The number of rotatable bonds is 2. The molecule has 1 aromatic heterocycles. The number of hydrogen-bond acceptors (Lipinski definition) is 4. The average Bonchev–Trinajstić information content (AvgIpc) is 2.77. The molecule has 2 fully saturated rings. The van der Waals surface area contributed by atoms with Gasteiger partial charge in [-0.3, -0.25) is 0 Å². The van der Waals surface area contributed by atoms with Gasteiger partial charge in [0.05, 0.1) is 5.60 Å². The highest BCUT2D eigenvalue weighted by atomic mass is 32.2. The Morgan fingerprint density at radius 2 is 2.50 bits per heavy atom. The minimum atomic E-state index is 0.187. The SMILES string of the molecule is Nc1cc(CC2CCOC3(CCSC3)C2)ccn1. The van der Waals surface area contributed by atoms with Gasteiger partial charge in [-0.05, 0) is 55.1 Å². The Labute approximate surface area is 113 Å². The second kappa shape index (κ2) is 5.10. The summed E-state index contributed by atoms with van der Waals surface area (Å²) in [6.07, 6.45) is 6.54. The first-order chi connectivity index (χ1) is 8.76. The third-order valence-corrected chi connectivity index (χ3v) is 5.26. The van der Waals surface area contributed by atoms with Crippen LogP contribution in [0, 0.1) is 5.92 Å². The van der Waals surface area contributed by atoms with Crippen molar-refractivity contribution >= 4 is 17.6 Å². The summed E-state index contributed by atoms with van der Waals surface area (Å²) in [5.74, 6) is 3.81. The summed E-state index contributed by atoms with van der Waals surface area (Å²) in [7, 11) is 0. The van der Waals surface area contributed by atoms with Gasteiger partial charge in [0.15, 0.2) is 0 Å². The molecular formula is C14H20N2OS. The van der Waals surface area contributed by atoms with E-state index >= 15 is 0 Å². The van der Waals surface area contributed by atoms with Crippen LogP contribution in [0.3, 0.4) is 0 Å². The lowest BCUT2D eigenvalue weighted by molar-refractivity contribution is -0.0791. The second-order valence-electron chi connectivity index (χ2n) is 5.49. The van der Waals surface area contributed by atoms with E-state index in [0.717, 1.165) is 18.9 Å². The number of pyridine rings is 1. The van der Waals surface area contributed by atoms with E-state index in [1.807, 2.05) is 24.0 Å². The fourth-order valence-corrected chi connectivity index (χ4v) is 4.50. The van der Waals surface area contributed by atoms with Gasteiger partial charge in [0.2, 0.25) is 0 Å². The predicted molar refractivity (Wildman–Crippen MR) is 75.7 cm³/mol. The molecule has 1 aromatic rings. The van der Waals surface area contributed by atoms with Gasteiger partial charge in [0.25, 0.3) is 0 Å². The van der Waals surface area contributed by atoms with Crippen molar-refractivity contribution in [3.05, 3.63) is 23.9 Å². The molecule has 2 unspecified atom stereocenters. The van der Waals surface area contributed by atoms with Crippen molar-refractivity contribution in [2.45, 2.75) is 31.3 Å². The Hall–Kier alpha value is -0.740. The number of ether oxygens (including phenoxy) is 1. The molecule has 1 spiro atoms. The largest absolute Gasteiger partial charge is 0.384 e. The summed E-state index contributed by atoms with van der Waals surface area (Å²) in [6, 6.07) is 4.09. The van der Waals surface area contributed by atoms with Crippen LogP contribution in [0.2, 0.25) is 0 Å². The van der Waals surface area contributed by atoms with Gasteiger partial charge in [0, 0.05) is 18.6 Å². The molecule has 0 saturated carbocycles. The first-order valence-corrected chi connectivity index (χ1v) is 7.83. The molecule has 2 N–H and O–H groups in total. The van der Waals surface area contributed by atoms with E-state index in [4.69, 9.17) is 10.5 Å². The lowest BCUT2D eigenvalue weighted by atomic mass is 9.82. The Balaban J connectivity index is 1.66. The zero-order valence-corrected chi connectivity index (χ0v) is 11.4. The Morgan fingerprint density at radius 1 is 1.56 bits per heavy atom. The third kappa shape index (κ3) is 2.64. The fourth-order valence-electron chi connectivity index (χ4n) is 3.12. The van der Waals surface area contributed by atoms with Crippen molar-refractivity contribution < 1.29 is 4.74 Å². The highest BCUT2D eigenvalue weighted by Crippen LogP contribution is 2.41. The molecule has 98 valence electrons. The molecule has 0 aromatic carbocycles. The van der Waals surface area contributed by atoms with Gasteiger partial charge in [0.1, 0.15) is 5.82 Å². The van der Waals surface area contributed by atoms with Crippen LogP contribution in [0.4, 0.5) is 5.82 Å². The molecule has 18 heavy (non-hydrogen) atoms. The van der Waals surface area contributed by atoms with Crippen LogP contribution in [-0.2, 0) is 11.2 Å². The minimum Gasteiger partial charge on any atom is -0.384 e. The molecule has 3 heterocycles. The first kappa shape index (κ1) is 12.3. The molecule has 0 amide bonds. The van der Waals surface area contributed by atoms with E-state index in [-0.39, 0.29) is 5.60 Å². The lowest BCUT2D eigenvalue weighted by Crippen LogP contribution is -2.40. The molecule has 0 bridgehead atoms. The van der Waals surface area contributed by atoms with Gasteiger partial charge in [-0.2, -0.15) is 11.8 Å². The van der Waals surface area contributed by atoms with Crippen LogP contribution in [0.1, 0.15) is 24.8 Å². The van der Waals surface area contributed by atoms with Gasteiger partial charge >= 0.3 is 0 Å². The maximum atomic E-state index is 6.06. The van der Waals surface area contributed by atoms with E-state index in [0.29, 0.717) is 5.82 Å². The van der Waals surface area contributed by atoms with Crippen molar-refractivity contribution in [2.24, 2.45) is 5.92 Å². The maximum Gasteiger partial charge on any atom is 0.123 e. The molecular weight excluding hydrogens is 244 g/mol. The van der Waals surface area contributed by atoms with Crippen LogP contribution in [0.5, 0.6) is 0 Å². The number of nitrogen functional groups attached to an aromatic ring is 1. The third-order valence-electron chi connectivity index (χ3n) is 4.03. The molecule has 2 saturated heterocycles. The van der Waals surface area contributed by atoms with Crippen LogP contribution in [0.15, 0.2) is 18.3 Å². The molecule has 4 heteroatoms. The van der Waals surface area contributed by atoms with Crippen molar-refractivity contribution in [1.82, 2.24) is 4.98 Å². The summed E-state index contributed by atoms with van der Waals surface area (Å²) in [5.41, 5.74) is 7.24. The number of nitrogens with zero attached hydrogens (tertiary/aromatic N) is 1. The smallest absolute Gasteiger partial charge is 0.123 e. The van der Waals surface area contributed by atoms with Crippen molar-refractivity contribution in [1.29, 1.82) is 0 Å². The van der Waals surface area contributed by atoms with Gasteiger partial charge < -0.3 is 10.5 Å². The summed E-state index contributed by atoms with van der Waals surface area (Å²) < 4.78 is 6.06. The fraction of sp³-hybridized carbons (Fsp3) is 0.643. The standard InChI is InChI=1S/C14H20N2OS/c15-13-8-11(1-4-16-13)7-12-2-5-17-14(9-12)3-6-18-10-14/h1,4,8,12H,2-3,5-7,9-10H2,(H2,15,16). The van der Waals surface area contributed by atoms with Crippen LogP contribution in [-0.4, -0.2) is 28.7 Å². The topological polar surface area (TPSA) is 48.1 Å². The van der Waals surface area contributed by atoms with Gasteiger partial charge in [-0.1, -0.05) is 0 Å². The van der Waals surface area contributed by atoms with E-state index in [9.17, 15) is 0 Å². The van der Waals surface area contributed by atoms with E-state index in [2.05, 4.69) is 11.1 Å². The lowest BCUT2D eigenvalue weighted by Gasteiger charge is -2.37. The molecule has 0 radical (unpaired) electrons. The zero-order chi connectivity index (χ0) is 12.4. The van der Waals surface area contributed by atoms with E-state index in [1.54, 1.807) is 0 Å². The zero-order valence-electron chi connectivity index (χ0n) is 10.6. The molecule has 3 nitrogen and oxygen atoms in total. The Morgan fingerprint density at radius 3 is 3.28 bits per heavy atom. The van der Waals surface area contributed by atoms with Gasteiger partial charge in [-0.25, -0.2) is 4.98 Å². The summed E-state index contributed by atoms with van der Waals surface area (Å²) in [6.45, 7) is 0.922. The van der Waals surface area contributed by atoms with Crippen LogP contribution < -0.4 is 5.73 Å². The van der Waals surface area contributed by atoms with Crippen LogP contribution >= 0.6 is 11.8 Å². The first-order valence-electron chi connectivity index (χ1n) is 6.68. The monoisotopic (exact) mass is 264 g/mol. The van der Waals surface area contributed by atoms with E-state index in [1.165, 1.54) is 36.3 Å². The predicted octanol–water partition coefficient (Wildman–Crippen LogP) is 2.51. The summed E-state index contributed by atoms with van der Waals surface area (Å²) in [5, 5.41) is 0. The summed E-state index contributed by atoms with van der Waals surface area (Å²) >= 11 is 2.04. The van der Waals surface area contributed by atoms with Crippen LogP contribution in [0.25, 0.3) is 0 Å². The number of aromatic nitrogens is 1. The van der Waals surface area contributed by atoms with Gasteiger partial charge in [-0.15, -0.1) is 0 Å².